The van der Waals surface area contributed by atoms with Gasteiger partial charge in [0.2, 0.25) is 0 Å². The Kier molecular flexibility index (Phi) is 3.91. The maximum Gasteiger partial charge on any atom is 0.168 e. The summed E-state index contributed by atoms with van der Waals surface area (Å²) in [6, 6.07) is 4.74. The van der Waals surface area contributed by atoms with Crippen LogP contribution in [0.5, 0.6) is 0 Å². The highest BCUT2D eigenvalue weighted by atomic mass is 32.1. The summed E-state index contributed by atoms with van der Waals surface area (Å²) in [7, 11) is 0. The standard InChI is InChI=1S/C13H14F2N2S/c1-8(2)12(11-4-3-5-18-11)17-13-10(15)6-9(14)7-16-13/h3-8,12H,1-2H3,(H,16,17). The number of rotatable bonds is 4. The number of halogens is 2. The van der Waals surface area contributed by atoms with Crippen molar-refractivity contribution >= 4 is 17.2 Å². The smallest absolute Gasteiger partial charge is 0.168 e. The van der Waals surface area contributed by atoms with Crippen molar-refractivity contribution in [2.45, 2.75) is 19.9 Å². The van der Waals surface area contributed by atoms with Crippen LogP contribution in [0.4, 0.5) is 14.6 Å². The monoisotopic (exact) mass is 268 g/mol. The Morgan fingerprint density at radius 3 is 2.67 bits per heavy atom. The molecule has 0 saturated carbocycles. The molecule has 1 N–H and O–H groups in total. The van der Waals surface area contributed by atoms with E-state index < -0.39 is 11.6 Å². The number of nitrogens with zero attached hydrogens (tertiary/aromatic N) is 1. The Balaban J connectivity index is 2.24. The summed E-state index contributed by atoms with van der Waals surface area (Å²) < 4.78 is 26.3. The minimum absolute atomic E-state index is 0.0301. The average Bonchev–Trinajstić information content (AvgIpc) is 2.80. The maximum atomic E-state index is 13.6. The third-order valence-corrected chi connectivity index (χ3v) is 3.57. The number of thiophene rings is 1. The van der Waals surface area contributed by atoms with Crippen molar-refractivity contribution in [2.75, 3.05) is 5.32 Å². The van der Waals surface area contributed by atoms with E-state index in [-0.39, 0.29) is 17.8 Å². The van der Waals surface area contributed by atoms with Crippen LogP contribution in [0.15, 0.2) is 29.8 Å². The van der Waals surface area contributed by atoms with Gasteiger partial charge >= 0.3 is 0 Å². The van der Waals surface area contributed by atoms with Crippen LogP contribution >= 0.6 is 11.3 Å². The van der Waals surface area contributed by atoms with Crippen LogP contribution in [0.1, 0.15) is 24.8 Å². The van der Waals surface area contributed by atoms with Gasteiger partial charge in [0.05, 0.1) is 12.2 Å². The lowest BCUT2D eigenvalue weighted by Crippen LogP contribution is -2.17. The SMILES string of the molecule is CC(C)C(Nc1ncc(F)cc1F)c1cccs1. The van der Waals surface area contributed by atoms with Gasteiger partial charge < -0.3 is 5.32 Å². The van der Waals surface area contributed by atoms with Gasteiger partial charge in [-0.3, -0.25) is 0 Å². The van der Waals surface area contributed by atoms with Crippen molar-refractivity contribution in [1.82, 2.24) is 4.98 Å². The molecular formula is C13H14F2N2S. The van der Waals surface area contributed by atoms with Crippen molar-refractivity contribution in [1.29, 1.82) is 0 Å². The molecule has 1 atom stereocenters. The molecule has 0 fully saturated rings. The van der Waals surface area contributed by atoms with Crippen LogP contribution in [-0.2, 0) is 0 Å². The third-order valence-electron chi connectivity index (χ3n) is 2.62. The van der Waals surface area contributed by atoms with Crippen molar-refractivity contribution in [3.05, 3.63) is 46.3 Å². The predicted molar refractivity (Wildman–Crippen MR) is 69.7 cm³/mol. The molecule has 0 aromatic carbocycles. The van der Waals surface area contributed by atoms with E-state index in [4.69, 9.17) is 0 Å². The van der Waals surface area contributed by atoms with E-state index in [0.29, 0.717) is 0 Å². The van der Waals surface area contributed by atoms with Gasteiger partial charge in [0, 0.05) is 10.9 Å². The Morgan fingerprint density at radius 1 is 1.33 bits per heavy atom. The second-order valence-corrected chi connectivity index (χ2v) is 5.34. The Bertz CT molecular complexity index is 512. The van der Waals surface area contributed by atoms with Crippen molar-refractivity contribution in [3.63, 3.8) is 0 Å². The molecule has 0 aliphatic heterocycles. The molecule has 2 nitrogen and oxygen atoms in total. The van der Waals surface area contributed by atoms with Crippen LogP contribution in [-0.4, -0.2) is 4.98 Å². The number of pyridine rings is 1. The third kappa shape index (κ3) is 2.85. The molecule has 96 valence electrons. The lowest BCUT2D eigenvalue weighted by atomic mass is 10.0. The van der Waals surface area contributed by atoms with Gasteiger partial charge in [0.1, 0.15) is 5.82 Å². The highest BCUT2D eigenvalue weighted by molar-refractivity contribution is 7.10. The lowest BCUT2D eigenvalue weighted by Gasteiger charge is -2.22. The van der Waals surface area contributed by atoms with Gasteiger partial charge in [-0.25, -0.2) is 13.8 Å². The van der Waals surface area contributed by atoms with Crippen molar-refractivity contribution in [2.24, 2.45) is 5.92 Å². The molecule has 2 rings (SSSR count). The van der Waals surface area contributed by atoms with E-state index in [9.17, 15) is 8.78 Å². The van der Waals surface area contributed by atoms with E-state index in [1.165, 1.54) is 0 Å². The van der Waals surface area contributed by atoms with Crippen molar-refractivity contribution < 1.29 is 8.78 Å². The highest BCUT2D eigenvalue weighted by Crippen LogP contribution is 2.29. The molecule has 0 saturated heterocycles. The Labute approximate surface area is 109 Å². The zero-order chi connectivity index (χ0) is 13.1. The second kappa shape index (κ2) is 5.44. The topological polar surface area (TPSA) is 24.9 Å². The first-order valence-electron chi connectivity index (χ1n) is 5.69. The number of hydrogen-bond acceptors (Lipinski definition) is 3. The molecule has 2 aromatic rings. The van der Waals surface area contributed by atoms with E-state index in [0.717, 1.165) is 17.1 Å². The Morgan fingerprint density at radius 2 is 2.11 bits per heavy atom. The van der Waals surface area contributed by atoms with Crippen LogP contribution in [0, 0.1) is 17.6 Å². The molecule has 0 amide bonds. The van der Waals surface area contributed by atoms with Gasteiger partial charge in [-0.1, -0.05) is 19.9 Å². The van der Waals surface area contributed by atoms with E-state index in [1.54, 1.807) is 11.3 Å². The maximum absolute atomic E-state index is 13.6. The number of nitrogens with one attached hydrogen (secondary N) is 1. The molecule has 2 aromatic heterocycles. The fraction of sp³-hybridized carbons (Fsp3) is 0.308. The second-order valence-electron chi connectivity index (χ2n) is 4.37. The molecule has 0 aliphatic carbocycles. The molecule has 0 bridgehead atoms. The van der Waals surface area contributed by atoms with Gasteiger partial charge in [-0.15, -0.1) is 11.3 Å². The van der Waals surface area contributed by atoms with Crippen LogP contribution in [0.25, 0.3) is 0 Å². The minimum Gasteiger partial charge on any atom is -0.360 e. The molecule has 0 radical (unpaired) electrons. The summed E-state index contributed by atoms with van der Waals surface area (Å²) >= 11 is 1.60. The fourth-order valence-electron chi connectivity index (χ4n) is 1.70. The first-order chi connectivity index (χ1) is 8.58. The molecule has 2 heterocycles. The van der Waals surface area contributed by atoms with E-state index in [1.807, 2.05) is 31.4 Å². The van der Waals surface area contributed by atoms with Gasteiger partial charge in [0.25, 0.3) is 0 Å². The number of hydrogen-bond donors (Lipinski definition) is 1. The summed E-state index contributed by atoms with van der Waals surface area (Å²) in [5, 5.41) is 5.01. The predicted octanol–water partition coefficient (Wildman–Crippen LogP) is 4.23. The number of anilines is 1. The molecule has 5 heteroatoms. The van der Waals surface area contributed by atoms with Crippen LogP contribution in [0.3, 0.4) is 0 Å². The Hall–Kier alpha value is -1.49. The molecule has 0 aliphatic rings. The minimum atomic E-state index is -0.671. The first kappa shape index (κ1) is 13.0. The van der Waals surface area contributed by atoms with Gasteiger partial charge in [-0.2, -0.15) is 0 Å². The van der Waals surface area contributed by atoms with E-state index >= 15 is 0 Å². The fourth-order valence-corrected chi connectivity index (χ4v) is 2.65. The number of aromatic nitrogens is 1. The first-order valence-corrected chi connectivity index (χ1v) is 6.57. The molecule has 18 heavy (non-hydrogen) atoms. The van der Waals surface area contributed by atoms with Crippen LogP contribution in [0.2, 0.25) is 0 Å². The quantitative estimate of drug-likeness (QED) is 0.897. The molecule has 0 spiro atoms. The summed E-state index contributed by atoms with van der Waals surface area (Å²) in [6.07, 6.45) is 1.01. The summed E-state index contributed by atoms with van der Waals surface area (Å²) in [4.78, 5) is 4.86. The van der Waals surface area contributed by atoms with Crippen LogP contribution < -0.4 is 5.32 Å². The zero-order valence-electron chi connectivity index (χ0n) is 10.2. The summed E-state index contributed by atoms with van der Waals surface area (Å²) in [6.45, 7) is 4.08. The molecule has 1 unspecified atom stereocenters. The highest BCUT2D eigenvalue weighted by Gasteiger charge is 2.19. The summed E-state index contributed by atoms with van der Waals surface area (Å²) in [5.74, 6) is -0.981. The molecular weight excluding hydrogens is 254 g/mol. The van der Waals surface area contributed by atoms with Crippen molar-refractivity contribution in [3.8, 4) is 0 Å². The normalized spacial score (nSPS) is 12.7. The van der Waals surface area contributed by atoms with E-state index in [2.05, 4.69) is 10.3 Å². The lowest BCUT2D eigenvalue weighted by molar-refractivity contribution is 0.537. The zero-order valence-corrected chi connectivity index (χ0v) is 11.0. The largest absolute Gasteiger partial charge is 0.360 e. The average molecular weight is 268 g/mol. The van der Waals surface area contributed by atoms with Gasteiger partial charge in [-0.05, 0) is 17.4 Å². The van der Waals surface area contributed by atoms with Gasteiger partial charge in [0.15, 0.2) is 11.6 Å². The summed E-state index contributed by atoms with van der Waals surface area (Å²) in [5.41, 5.74) is 0.